The normalized spacial score (nSPS) is 12.2. The Labute approximate surface area is 91.4 Å². The smallest absolute Gasteiger partial charge is 0.325 e. The molecule has 1 aromatic carbocycles. The fourth-order valence-corrected chi connectivity index (χ4v) is 1.01. The van der Waals surface area contributed by atoms with Crippen molar-refractivity contribution >= 4 is 17.6 Å². The number of carbonyl (C=O) groups is 1. The lowest BCUT2D eigenvalue weighted by molar-refractivity contribution is -0.137. The molecule has 1 aromatic rings. The number of hydrogen-bond donors (Lipinski definition) is 1. The maximum Gasteiger partial charge on any atom is 0.325 e. The lowest BCUT2D eigenvalue weighted by Gasteiger charge is -2.08. The van der Waals surface area contributed by atoms with E-state index in [0.29, 0.717) is 11.3 Å². The van der Waals surface area contributed by atoms with Gasteiger partial charge in [-0.25, -0.2) is 4.39 Å². The monoisotopic (exact) mass is 232 g/mol. The van der Waals surface area contributed by atoms with Gasteiger partial charge in [0.25, 0.3) is 0 Å². The van der Waals surface area contributed by atoms with Crippen LogP contribution in [0.3, 0.4) is 0 Å². The summed E-state index contributed by atoms with van der Waals surface area (Å²) in [6.07, 6.45) is 0. The molecule has 1 atom stereocenters. The summed E-state index contributed by atoms with van der Waals surface area (Å²) < 4.78 is 17.9. The summed E-state index contributed by atoms with van der Waals surface area (Å²) in [6, 6.07) is 4.17. The Morgan fingerprint density at radius 2 is 2.33 bits per heavy atom. The van der Waals surface area contributed by atoms with Gasteiger partial charge >= 0.3 is 5.97 Å². The molecular formula is C10H10ClFO3. The van der Waals surface area contributed by atoms with Gasteiger partial charge in [-0.2, -0.15) is 0 Å². The minimum atomic E-state index is -1.14. The van der Waals surface area contributed by atoms with E-state index in [1.165, 1.54) is 18.2 Å². The number of alkyl halides is 1. The van der Waals surface area contributed by atoms with Crippen LogP contribution >= 0.6 is 11.6 Å². The largest absolute Gasteiger partial charge is 0.491 e. The van der Waals surface area contributed by atoms with Crippen molar-refractivity contribution in [2.45, 2.75) is 12.3 Å². The lowest BCUT2D eigenvalue weighted by atomic mass is 10.2. The molecule has 1 N–H and O–H groups in total. The summed E-state index contributed by atoms with van der Waals surface area (Å²) in [4.78, 5) is 10.4. The van der Waals surface area contributed by atoms with Crippen LogP contribution in [-0.2, 0) is 4.79 Å². The number of aliphatic carboxylic acids is 1. The van der Waals surface area contributed by atoms with Gasteiger partial charge in [0.1, 0.15) is 18.2 Å². The molecule has 0 fully saturated rings. The highest BCUT2D eigenvalue weighted by Crippen LogP contribution is 2.16. The third-order valence-corrected chi connectivity index (χ3v) is 2.11. The van der Waals surface area contributed by atoms with Crippen LogP contribution in [0.25, 0.3) is 0 Å². The van der Waals surface area contributed by atoms with E-state index in [0.717, 1.165) is 0 Å². The van der Waals surface area contributed by atoms with Gasteiger partial charge in [-0.05, 0) is 30.7 Å². The van der Waals surface area contributed by atoms with Gasteiger partial charge in [0.2, 0.25) is 0 Å². The molecule has 1 unspecified atom stereocenters. The number of benzene rings is 1. The molecule has 0 radical (unpaired) electrons. The maximum atomic E-state index is 12.9. The highest BCUT2D eigenvalue weighted by atomic mass is 35.5. The predicted octanol–water partition coefficient (Wildman–Crippen LogP) is 2.20. The Balaban J connectivity index is 2.58. The van der Waals surface area contributed by atoms with Gasteiger partial charge in [0, 0.05) is 0 Å². The van der Waals surface area contributed by atoms with Crippen molar-refractivity contribution in [1.29, 1.82) is 0 Å². The minimum absolute atomic E-state index is 0.151. The first-order valence-corrected chi connectivity index (χ1v) is 4.70. The average molecular weight is 233 g/mol. The lowest BCUT2D eigenvalue weighted by Crippen LogP contribution is -2.21. The second-order valence-corrected chi connectivity index (χ2v) is 3.55. The van der Waals surface area contributed by atoms with E-state index in [1.807, 2.05) is 0 Å². The van der Waals surface area contributed by atoms with Crippen LogP contribution < -0.4 is 4.74 Å². The van der Waals surface area contributed by atoms with Crippen molar-refractivity contribution in [1.82, 2.24) is 0 Å². The average Bonchev–Trinajstić information content (AvgIpc) is 2.19. The van der Waals surface area contributed by atoms with Gasteiger partial charge < -0.3 is 9.84 Å². The second kappa shape index (κ2) is 4.98. The molecule has 0 aromatic heterocycles. The number of ether oxygens (including phenoxy) is 1. The maximum absolute atomic E-state index is 12.9. The van der Waals surface area contributed by atoms with Crippen LogP contribution in [0.4, 0.5) is 4.39 Å². The minimum Gasteiger partial charge on any atom is -0.491 e. The first-order chi connectivity index (χ1) is 7.00. The fraction of sp³-hybridized carbons (Fsp3) is 0.300. The van der Waals surface area contributed by atoms with E-state index in [2.05, 4.69) is 0 Å². The molecule has 0 bridgehead atoms. The van der Waals surface area contributed by atoms with Crippen LogP contribution in [0.5, 0.6) is 5.75 Å². The second-order valence-electron chi connectivity index (χ2n) is 3.03. The van der Waals surface area contributed by atoms with Crippen molar-refractivity contribution < 1.29 is 19.0 Å². The predicted molar refractivity (Wildman–Crippen MR) is 53.9 cm³/mol. The topological polar surface area (TPSA) is 46.5 Å². The molecule has 15 heavy (non-hydrogen) atoms. The van der Waals surface area contributed by atoms with Crippen molar-refractivity contribution in [2.75, 3.05) is 6.61 Å². The Hall–Kier alpha value is -1.29. The van der Waals surface area contributed by atoms with Crippen molar-refractivity contribution in [2.24, 2.45) is 0 Å². The zero-order valence-corrected chi connectivity index (χ0v) is 8.79. The molecule has 0 aliphatic rings. The molecule has 0 saturated carbocycles. The molecule has 0 amide bonds. The summed E-state index contributed by atoms with van der Waals surface area (Å²) in [5.41, 5.74) is 0.439. The van der Waals surface area contributed by atoms with E-state index in [1.54, 1.807) is 6.92 Å². The van der Waals surface area contributed by atoms with Crippen LogP contribution in [0.1, 0.15) is 5.56 Å². The van der Waals surface area contributed by atoms with E-state index < -0.39 is 11.3 Å². The number of aryl methyl sites for hydroxylation is 1. The Morgan fingerprint density at radius 3 is 2.87 bits per heavy atom. The number of halogens is 2. The third kappa shape index (κ3) is 3.40. The summed E-state index contributed by atoms with van der Waals surface area (Å²) in [5.74, 6) is -1.07. The van der Waals surface area contributed by atoms with Crippen molar-refractivity contribution in [3.63, 3.8) is 0 Å². The Kier molecular flexibility index (Phi) is 3.91. The summed E-state index contributed by atoms with van der Waals surface area (Å²) >= 11 is 5.44. The molecule has 0 aliphatic heterocycles. The SMILES string of the molecule is Cc1cc(OCC(Cl)C(=O)O)ccc1F. The highest BCUT2D eigenvalue weighted by molar-refractivity contribution is 6.29. The van der Waals surface area contributed by atoms with Gasteiger partial charge in [0.05, 0.1) is 0 Å². The number of rotatable bonds is 4. The molecule has 5 heteroatoms. The Bertz CT molecular complexity index is 368. The molecule has 0 aliphatic carbocycles. The summed E-state index contributed by atoms with van der Waals surface area (Å²) in [7, 11) is 0. The molecular weight excluding hydrogens is 223 g/mol. The zero-order valence-electron chi connectivity index (χ0n) is 8.04. The van der Waals surface area contributed by atoms with Gasteiger partial charge in [-0.1, -0.05) is 0 Å². The van der Waals surface area contributed by atoms with E-state index in [-0.39, 0.29) is 12.4 Å². The molecule has 0 spiro atoms. The first-order valence-electron chi connectivity index (χ1n) is 4.26. The van der Waals surface area contributed by atoms with E-state index >= 15 is 0 Å². The van der Waals surface area contributed by atoms with Gasteiger partial charge in [-0.15, -0.1) is 11.6 Å². The van der Waals surface area contributed by atoms with E-state index in [9.17, 15) is 9.18 Å². The van der Waals surface area contributed by atoms with Crippen molar-refractivity contribution in [3.05, 3.63) is 29.6 Å². The highest BCUT2D eigenvalue weighted by Gasteiger charge is 2.14. The van der Waals surface area contributed by atoms with Crippen LogP contribution in [0, 0.1) is 12.7 Å². The zero-order chi connectivity index (χ0) is 11.4. The third-order valence-electron chi connectivity index (χ3n) is 1.79. The first kappa shape index (κ1) is 11.8. The van der Waals surface area contributed by atoms with Gasteiger partial charge in [0.15, 0.2) is 5.38 Å². The van der Waals surface area contributed by atoms with Crippen LogP contribution in [0.15, 0.2) is 18.2 Å². The van der Waals surface area contributed by atoms with Gasteiger partial charge in [-0.3, -0.25) is 4.79 Å². The molecule has 3 nitrogen and oxygen atoms in total. The number of carboxylic acid groups (broad SMARTS) is 1. The van der Waals surface area contributed by atoms with Crippen LogP contribution in [0.2, 0.25) is 0 Å². The number of hydrogen-bond acceptors (Lipinski definition) is 2. The standard InChI is InChI=1S/C10H10ClFO3/c1-6-4-7(2-3-9(6)12)15-5-8(11)10(13)14/h2-4,8H,5H2,1H3,(H,13,14). The van der Waals surface area contributed by atoms with Crippen LogP contribution in [-0.4, -0.2) is 23.1 Å². The summed E-state index contributed by atoms with van der Waals surface area (Å²) in [6.45, 7) is 1.44. The summed E-state index contributed by atoms with van der Waals surface area (Å²) in [5, 5.41) is 7.39. The molecule has 1 rings (SSSR count). The molecule has 0 heterocycles. The number of carboxylic acids is 1. The Morgan fingerprint density at radius 1 is 1.67 bits per heavy atom. The molecule has 82 valence electrons. The quantitative estimate of drug-likeness (QED) is 0.810. The van der Waals surface area contributed by atoms with Crippen molar-refractivity contribution in [3.8, 4) is 5.75 Å². The van der Waals surface area contributed by atoms with E-state index in [4.69, 9.17) is 21.4 Å². The molecule has 0 saturated heterocycles. The fourth-order valence-electron chi connectivity index (χ4n) is 0.948.